The van der Waals surface area contributed by atoms with Crippen molar-refractivity contribution in [2.75, 3.05) is 20.2 Å². The zero-order valence-electron chi connectivity index (χ0n) is 25.9. The first-order valence-electron chi connectivity index (χ1n) is 14.7. The van der Waals surface area contributed by atoms with E-state index in [1.165, 1.54) is 18.9 Å². The van der Waals surface area contributed by atoms with Gasteiger partial charge in [0.25, 0.3) is 0 Å². The van der Waals surface area contributed by atoms with Crippen molar-refractivity contribution in [1.82, 2.24) is 15.5 Å². The number of nitrogens with zero attached hydrogens (tertiary/aromatic N) is 1. The third kappa shape index (κ3) is 11.3. The Morgan fingerprint density at radius 1 is 0.955 bits per heavy atom. The molecule has 0 unspecified atom stereocenters. The van der Waals surface area contributed by atoms with Crippen LogP contribution in [0.25, 0.3) is 0 Å². The van der Waals surface area contributed by atoms with Crippen molar-refractivity contribution in [3.63, 3.8) is 0 Å². The Morgan fingerprint density at radius 3 is 2.18 bits per heavy atom. The molecule has 4 amide bonds. The Morgan fingerprint density at radius 2 is 1.59 bits per heavy atom. The highest BCUT2D eigenvalue weighted by atomic mass is 16.5. The minimum atomic E-state index is -0.994. The molecule has 0 saturated carbocycles. The summed E-state index contributed by atoms with van der Waals surface area (Å²) in [6.07, 6.45) is 2.30. The molecular formula is C32H45N5O7. The van der Waals surface area contributed by atoms with Gasteiger partial charge in [-0.2, -0.15) is 0 Å². The number of hydrogen-bond donors (Lipinski definition) is 5. The molecule has 3 atom stereocenters. The molecule has 0 radical (unpaired) electrons. The summed E-state index contributed by atoms with van der Waals surface area (Å²) in [6, 6.07) is 9.43. The van der Waals surface area contributed by atoms with E-state index in [1.807, 2.05) is 44.2 Å². The van der Waals surface area contributed by atoms with Crippen molar-refractivity contribution in [1.29, 1.82) is 0 Å². The highest BCUT2D eigenvalue weighted by molar-refractivity contribution is 5.93. The van der Waals surface area contributed by atoms with Crippen LogP contribution >= 0.6 is 0 Å². The molecule has 0 aliphatic rings. The van der Waals surface area contributed by atoms with Crippen molar-refractivity contribution in [3.8, 4) is 5.75 Å². The lowest BCUT2D eigenvalue weighted by Gasteiger charge is -2.30. The average molecular weight is 612 g/mol. The average Bonchev–Trinajstić information content (AvgIpc) is 2.98. The number of phenolic OH excluding ortho intramolecular Hbond substituents is 1. The zero-order chi connectivity index (χ0) is 32.8. The summed E-state index contributed by atoms with van der Waals surface area (Å²) in [5, 5.41) is 14.9. The number of nitrogens with one attached hydrogen (secondary N) is 2. The molecule has 0 heterocycles. The summed E-state index contributed by atoms with van der Waals surface area (Å²) in [5.74, 6) is -2.55. The van der Waals surface area contributed by atoms with E-state index in [4.69, 9.17) is 11.5 Å². The Hall–Kier alpha value is -4.45. The third-order valence-electron chi connectivity index (χ3n) is 7.41. The lowest BCUT2D eigenvalue weighted by Crippen LogP contribution is -2.54. The smallest absolute Gasteiger partial charge is 0.305 e. The number of methoxy groups -OCH3 is 1. The van der Waals surface area contributed by atoms with E-state index in [1.54, 1.807) is 12.1 Å². The maximum absolute atomic E-state index is 13.4. The monoisotopic (exact) mass is 611 g/mol. The van der Waals surface area contributed by atoms with Gasteiger partial charge in [-0.1, -0.05) is 36.8 Å². The number of ether oxygens (including phenoxy) is 1. The molecule has 0 aromatic heterocycles. The Balaban J connectivity index is 2.02. The fourth-order valence-corrected chi connectivity index (χ4v) is 4.89. The second-order valence-corrected chi connectivity index (χ2v) is 10.9. The van der Waals surface area contributed by atoms with Crippen LogP contribution in [0.2, 0.25) is 0 Å². The quantitative estimate of drug-likeness (QED) is 0.130. The van der Waals surface area contributed by atoms with E-state index >= 15 is 0 Å². The summed E-state index contributed by atoms with van der Waals surface area (Å²) in [5.41, 5.74) is 15.1. The Kier molecular flexibility index (Phi) is 14.3. The minimum Gasteiger partial charge on any atom is -0.508 e. The van der Waals surface area contributed by atoms with Crippen LogP contribution in [0.1, 0.15) is 54.9 Å². The first kappa shape index (κ1) is 35.7. The van der Waals surface area contributed by atoms with Crippen LogP contribution in [0.3, 0.4) is 0 Å². The number of aromatic hydroxyl groups is 1. The summed E-state index contributed by atoms with van der Waals surface area (Å²) in [6.45, 7) is 4.87. The molecule has 12 nitrogen and oxygen atoms in total. The SMILES string of the molecule is COC(=O)CCCCCN(C(=O)CNC(=O)[C@@H](C)NC(=O)[C@@H](N)Cc1c(C)cc(O)cc1C)[C@@H](Cc1ccccc1)C(N)=O. The lowest BCUT2D eigenvalue weighted by molar-refractivity contribution is -0.141. The Bertz CT molecular complexity index is 1280. The van der Waals surface area contributed by atoms with Gasteiger partial charge in [-0.05, 0) is 74.4 Å². The van der Waals surface area contributed by atoms with Crippen LogP contribution in [-0.4, -0.2) is 77.9 Å². The second kappa shape index (κ2) is 17.6. The van der Waals surface area contributed by atoms with Gasteiger partial charge in [0.1, 0.15) is 17.8 Å². The van der Waals surface area contributed by atoms with E-state index in [0.29, 0.717) is 19.3 Å². The van der Waals surface area contributed by atoms with Crippen molar-refractivity contribution in [3.05, 3.63) is 64.7 Å². The van der Waals surface area contributed by atoms with Gasteiger partial charge in [0.05, 0.1) is 19.7 Å². The molecule has 0 aliphatic heterocycles. The maximum Gasteiger partial charge on any atom is 0.305 e. The molecule has 0 saturated heterocycles. The number of primary amides is 1. The fourth-order valence-electron chi connectivity index (χ4n) is 4.89. The van der Waals surface area contributed by atoms with Gasteiger partial charge in [-0.3, -0.25) is 24.0 Å². The highest BCUT2D eigenvalue weighted by Gasteiger charge is 2.29. The van der Waals surface area contributed by atoms with Crippen molar-refractivity contribution < 1.29 is 33.8 Å². The largest absolute Gasteiger partial charge is 0.508 e. The molecule has 12 heteroatoms. The van der Waals surface area contributed by atoms with Gasteiger partial charge in [-0.15, -0.1) is 0 Å². The molecule has 44 heavy (non-hydrogen) atoms. The predicted octanol–water partition coefficient (Wildman–Crippen LogP) is 1.16. The van der Waals surface area contributed by atoms with Gasteiger partial charge in [0.15, 0.2) is 0 Å². The van der Waals surface area contributed by atoms with E-state index in [0.717, 1.165) is 22.3 Å². The second-order valence-electron chi connectivity index (χ2n) is 10.9. The first-order valence-corrected chi connectivity index (χ1v) is 14.7. The van der Waals surface area contributed by atoms with Crippen LogP contribution in [0.15, 0.2) is 42.5 Å². The molecule has 7 N–H and O–H groups in total. The standard InChI is InChI=1S/C32H45N5O7/c1-20-15-24(38)16-21(2)25(20)18-26(33)32(43)36-22(3)31(42)35-19-28(39)37(14-10-6-9-13-29(40)44-4)27(30(34)41)17-23-11-7-5-8-12-23/h5,7-8,11-12,15-16,22,26-27,38H,6,9-10,13-14,17-19,33H2,1-4H3,(H2,34,41)(H,35,42)(H,36,43)/t22-,26+,27+/m1/s1. The summed E-state index contributed by atoms with van der Waals surface area (Å²) in [7, 11) is 1.32. The molecule has 0 fully saturated rings. The molecule has 0 spiro atoms. The van der Waals surface area contributed by atoms with Crippen molar-refractivity contribution in [2.45, 2.75) is 77.4 Å². The molecule has 2 rings (SSSR count). The van der Waals surface area contributed by atoms with Gasteiger partial charge >= 0.3 is 5.97 Å². The van der Waals surface area contributed by atoms with Crippen LogP contribution in [0.5, 0.6) is 5.75 Å². The number of aryl methyl sites for hydroxylation is 2. The number of benzene rings is 2. The minimum absolute atomic E-state index is 0.126. The number of unbranched alkanes of at least 4 members (excludes halogenated alkanes) is 2. The number of rotatable bonds is 17. The van der Waals surface area contributed by atoms with E-state index < -0.39 is 48.3 Å². The maximum atomic E-state index is 13.4. The third-order valence-corrected chi connectivity index (χ3v) is 7.41. The number of carbonyl (C=O) groups excluding carboxylic acids is 5. The van der Waals surface area contributed by atoms with E-state index in [-0.39, 0.29) is 37.5 Å². The van der Waals surface area contributed by atoms with Crippen LogP contribution < -0.4 is 22.1 Å². The highest BCUT2D eigenvalue weighted by Crippen LogP contribution is 2.22. The topological polar surface area (TPSA) is 194 Å². The number of esters is 1. The summed E-state index contributed by atoms with van der Waals surface area (Å²) in [4.78, 5) is 64.2. The molecular weight excluding hydrogens is 566 g/mol. The van der Waals surface area contributed by atoms with Crippen molar-refractivity contribution >= 4 is 29.6 Å². The van der Waals surface area contributed by atoms with E-state index in [9.17, 15) is 29.1 Å². The van der Waals surface area contributed by atoms with Gasteiger partial charge < -0.3 is 36.8 Å². The number of amides is 4. The van der Waals surface area contributed by atoms with Crippen molar-refractivity contribution in [2.24, 2.45) is 11.5 Å². The summed E-state index contributed by atoms with van der Waals surface area (Å²) < 4.78 is 4.66. The number of nitrogens with two attached hydrogens (primary N) is 2. The fraction of sp³-hybridized carbons (Fsp3) is 0.469. The zero-order valence-corrected chi connectivity index (χ0v) is 25.9. The molecule has 240 valence electrons. The molecule has 2 aromatic carbocycles. The molecule has 0 bridgehead atoms. The van der Waals surface area contributed by atoms with E-state index in [2.05, 4.69) is 15.4 Å². The molecule has 2 aromatic rings. The van der Waals surface area contributed by atoms with Gasteiger partial charge in [0.2, 0.25) is 23.6 Å². The number of hydrogen-bond acceptors (Lipinski definition) is 8. The first-order chi connectivity index (χ1) is 20.8. The van der Waals surface area contributed by atoms with Crippen LogP contribution in [0, 0.1) is 13.8 Å². The summed E-state index contributed by atoms with van der Waals surface area (Å²) >= 11 is 0. The molecule has 0 aliphatic carbocycles. The lowest BCUT2D eigenvalue weighted by atomic mass is 9.96. The van der Waals surface area contributed by atoms with Crippen LogP contribution in [-0.2, 0) is 41.6 Å². The predicted molar refractivity (Wildman–Crippen MR) is 165 cm³/mol. The van der Waals surface area contributed by atoms with Gasteiger partial charge in [0, 0.05) is 19.4 Å². The normalized spacial score (nSPS) is 12.8. The number of phenols is 1. The Labute approximate surface area is 258 Å². The van der Waals surface area contributed by atoms with Crippen LogP contribution in [0.4, 0.5) is 0 Å². The number of carbonyl (C=O) groups is 5. The van der Waals surface area contributed by atoms with Gasteiger partial charge in [-0.25, -0.2) is 0 Å².